The van der Waals surface area contributed by atoms with E-state index in [1.54, 1.807) is 12.3 Å². The number of aromatic nitrogens is 1. The van der Waals surface area contributed by atoms with E-state index in [0.29, 0.717) is 16.7 Å². The molecule has 0 spiro atoms. The average molecular weight is 471 g/mol. The van der Waals surface area contributed by atoms with E-state index >= 15 is 0 Å². The Balaban J connectivity index is 1.40. The van der Waals surface area contributed by atoms with Crippen LogP contribution in [0.4, 0.5) is 18.9 Å². The van der Waals surface area contributed by atoms with Gasteiger partial charge in [0.1, 0.15) is 5.75 Å². The van der Waals surface area contributed by atoms with Crippen LogP contribution in [-0.2, 0) is 11.0 Å². The Labute approximate surface area is 197 Å². The lowest BCUT2D eigenvalue weighted by atomic mass is 9.77. The summed E-state index contributed by atoms with van der Waals surface area (Å²) in [6, 6.07) is 12.9. The fourth-order valence-corrected chi connectivity index (χ4v) is 4.79. The highest BCUT2D eigenvalue weighted by Crippen LogP contribution is 2.37. The lowest BCUT2D eigenvalue weighted by Crippen LogP contribution is -2.34. The number of ether oxygens (including phenoxy) is 1. The van der Waals surface area contributed by atoms with Crippen molar-refractivity contribution in [1.29, 1.82) is 0 Å². The molecule has 2 aromatic carbocycles. The standard InChI is InChI=1S/C27H29F3N2O2/c1-3-22(26(33)32-20-9-4-17(2)5-10-20)18-6-11-21(12-7-18)34-25-14-15-31-24-13-8-19(16-23(24)25)27(28,29)30/h4-5,8-10,13-16,18,21-22H,3,6-7,11-12H2,1-2H3,(H,32,33). The van der Waals surface area contributed by atoms with Gasteiger partial charge in [0.2, 0.25) is 5.91 Å². The van der Waals surface area contributed by atoms with Crippen LogP contribution in [0.5, 0.6) is 5.75 Å². The number of carbonyl (C=O) groups excluding carboxylic acids is 1. The summed E-state index contributed by atoms with van der Waals surface area (Å²) in [6.07, 6.45) is 0.955. The Hall–Kier alpha value is -3.09. The van der Waals surface area contributed by atoms with Crippen LogP contribution in [-0.4, -0.2) is 17.0 Å². The van der Waals surface area contributed by atoms with E-state index in [1.165, 1.54) is 6.07 Å². The molecular weight excluding hydrogens is 441 g/mol. The van der Waals surface area contributed by atoms with E-state index in [9.17, 15) is 18.0 Å². The van der Waals surface area contributed by atoms with Gasteiger partial charge in [-0.25, -0.2) is 0 Å². The zero-order valence-corrected chi connectivity index (χ0v) is 19.4. The topological polar surface area (TPSA) is 51.2 Å². The van der Waals surface area contributed by atoms with Crippen LogP contribution in [0.15, 0.2) is 54.7 Å². The highest BCUT2D eigenvalue weighted by atomic mass is 19.4. The lowest BCUT2D eigenvalue weighted by Gasteiger charge is -2.33. The first-order valence-corrected chi connectivity index (χ1v) is 11.7. The van der Waals surface area contributed by atoms with Crippen LogP contribution in [0.3, 0.4) is 0 Å². The number of anilines is 1. The average Bonchev–Trinajstić information content (AvgIpc) is 2.81. The molecule has 34 heavy (non-hydrogen) atoms. The Bertz CT molecular complexity index is 1140. The van der Waals surface area contributed by atoms with E-state index in [2.05, 4.69) is 10.3 Å². The van der Waals surface area contributed by atoms with Gasteiger partial charge in [0.05, 0.1) is 17.2 Å². The monoisotopic (exact) mass is 470 g/mol. The lowest BCUT2D eigenvalue weighted by molar-refractivity contribution is -0.137. The predicted molar refractivity (Wildman–Crippen MR) is 127 cm³/mol. The highest BCUT2D eigenvalue weighted by molar-refractivity contribution is 5.92. The molecule has 1 N–H and O–H groups in total. The molecule has 180 valence electrons. The fraction of sp³-hybridized carbons (Fsp3) is 0.407. The molecule has 1 fully saturated rings. The summed E-state index contributed by atoms with van der Waals surface area (Å²) in [5.41, 5.74) is 1.69. The number of pyridine rings is 1. The van der Waals surface area contributed by atoms with Crippen molar-refractivity contribution in [3.63, 3.8) is 0 Å². The summed E-state index contributed by atoms with van der Waals surface area (Å²) in [5, 5.41) is 3.40. The molecule has 4 nitrogen and oxygen atoms in total. The summed E-state index contributed by atoms with van der Waals surface area (Å²) in [4.78, 5) is 17.1. The molecule has 7 heteroatoms. The number of nitrogens with zero attached hydrogens (tertiary/aromatic N) is 1. The molecular formula is C27H29F3N2O2. The predicted octanol–water partition coefficient (Wildman–Crippen LogP) is 7.16. The number of carbonyl (C=O) groups is 1. The third kappa shape index (κ3) is 5.51. The number of amides is 1. The summed E-state index contributed by atoms with van der Waals surface area (Å²) < 4.78 is 45.7. The van der Waals surface area contributed by atoms with Gasteiger partial charge in [0.25, 0.3) is 0 Å². The van der Waals surface area contributed by atoms with Crippen LogP contribution in [0.1, 0.15) is 50.2 Å². The van der Waals surface area contributed by atoms with Gasteiger partial charge in [0, 0.05) is 23.2 Å². The maximum Gasteiger partial charge on any atom is 0.416 e. The van der Waals surface area contributed by atoms with Gasteiger partial charge in [-0.15, -0.1) is 0 Å². The molecule has 3 aromatic rings. The van der Waals surface area contributed by atoms with Crippen LogP contribution in [0.25, 0.3) is 10.9 Å². The van der Waals surface area contributed by atoms with Crippen molar-refractivity contribution in [3.8, 4) is 5.75 Å². The molecule has 1 saturated carbocycles. The number of hydrogen-bond acceptors (Lipinski definition) is 3. The van der Waals surface area contributed by atoms with Crippen LogP contribution in [0, 0.1) is 18.8 Å². The Morgan fingerprint density at radius 3 is 2.44 bits per heavy atom. The van der Waals surface area contributed by atoms with Crippen molar-refractivity contribution in [2.45, 2.75) is 58.2 Å². The molecule has 1 atom stereocenters. The number of benzene rings is 2. The Morgan fingerprint density at radius 1 is 1.09 bits per heavy atom. The van der Waals surface area contributed by atoms with Crippen LogP contribution < -0.4 is 10.1 Å². The van der Waals surface area contributed by atoms with E-state index in [1.807, 2.05) is 38.1 Å². The first-order chi connectivity index (χ1) is 16.2. The highest BCUT2D eigenvalue weighted by Gasteiger charge is 2.33. The van der Waals surface area contributed by atoms with Crippen LogP contribution in [0.2, 0.25) is 0 Å². The first kappa shape index (κ1) is 24.0. The maximum atomic E-state index is 13.2. The Kier molecular flexibility index (Phi) is 7.10. The number of nitrogens with one attached hydrogen (secondary N) is 1. The number of rotatable bonds is 6. The quantitative estimate of drug-likeness (QED) is 0.416. The number of aryl methyl sites for hydroxylation is 1. The molecule has 1 amide bonds. The zero-order chi connectivity index (χ0) is 24.3. The van der Waals surface area contributed by atoms with Crippen molar-refractivity contribution < 1.29 is 22.7 Å². The van der Waals surface area contributed by atoms with Gasteiger partial charge in [-0.3, -0.25) is 9.78 Å². The Morgan fingerprint density at radius 2 is 1.79 bits per heavy atom. The van der Waals surface area contributed by atoms with E-state index in [-0.39, 0.29) is 23.8 Å². The van der Waals surface area contributed by atoms with Crippen molar-refractivity contribution in [3.05, 3.63) is 65.9 Å². The first-order valence-electron chi connectivity index (χ1n) is 11.7. The SMILES string of the molecule is CCC(C(=O)Nc1ccc(C)cc1)C1CCC(Oc2ccnc3ccc(C(F)(F)F)cc23)CC1. The number of hydrogen-bond donors (Lipinski definition) is 1. The van der Waals surface area contributed by atoms with Crippen molar-refractivity contribution >= 4 is 22.5 Å². The summed E-state index contributed by atoms with van der Waals surface area (Å²) in [6.45, 7) is 4.04. The molecule has 1 unspecified atom stereocenters. The van der Waals surface area contributed by atoms with Crippen LogP contribution >= 0.6 is 0 Å². The van der Waals surface area contributed by atoms with Crippen molar-refractivity contribution in [1.82, 2.24) is 4.98 Å². The van der Waals surface area contributed by atoms with E-state index in [4.69, 9.17) is 4.74 Å². The molecule has 0 saturated heterocycles. The van der Waals surface area contributed by atoms with E-state index < -0.39 is 11.7 Å². The minimum Gasteiger partial charge on any atom is -0.490 e. The molecule has 1 aliphatic rings. The van der Waals surface area contributed by atoms with Gasteiger partial charge in [0.15, 0.2) is 0 Å². The summed E-state index contributed by atoms with van der Waals surface area (Å²) in [5.74, 6) is 0.624. The second-order valence-corrected chi connectivity index (χ2v) is 9.06. The zero-order valence-electron chi connectivity index (χ0n) is 19.4. The molecule has 0 radical (unpaired) electrons. The summed E-state index contributed by atoms with van der Waals surface area (Å²) >= 11 is 0. The second kappa shape index (κ2) is 10.0. The summed E-state index contributed by atoms with van der Waals surface area (Å²) in [7, 11) is 0. The van der Waals surface area contributed by atoms with Gasteiger partial charge in [-0.1, -0.05) is 24.6 Å². The molecule has 0 aliphatic heterocycles. The number of alkyl halides is 3. The largest absolute Gasteiger partial charge is 0.490 e. The molecule has 4 rings (SSSR count). The molecule has 1 aromatic heterocycles. The van der Waals surface area contributed by atoms with Gasteiger partial charge in [-0.2, -0.15) is 13.2 Å². The second-order valence-electron chi connectivity index (χ2n) is 9.06. The molecule has 1 aliphatic carbocycles. The minimum atomic E-state index is -4.42. The van der Waals surface area contributed by atoms with Gasteiger partial charge >= 0.3 is 6.18 Å². The van der Waals surface area contributed by atoms with Crippen molar-refractivity contribution in [2.75, 3.05) is 5.32 Å². The number of fused-ring (bicyclic) bond motifs is 1. The van der Waals surface area contributed by atoms with Gasteiger partial charge in [-0.05, 0) is 81.3 Å². The molecule has 1 heterocycles. The third-order valence-electron chi connectivity index (χ3n) is 6.71. The van der Waals surface area contributed by atoms with Crippen molar-refractivity contribution in [2.24, 2.45) is 11.8 Å². The third-order valence-corrected chi connectivity index (χ3v) is 6.71. The smallest absolute Gasteiger partial charge is 0.416 e. The van der Waals surface area contributed by atoms with Gasteiger partial charge < -0.3 is 10.1 Å². The fourth-order valence-electron chi connectivity index (χ4n) is 4.79. The molecule has 0 bridgehead atoms. The number of halogens is 3. The maximum absolute atomic E-state index is 13.2. The van der Waals surface area contributed by atoms with E-state index in [0.717, 1.165) is 55.5 Å². The minimum absolute atomic E-state index is 0.0375. The normalized spacial score (nSPS) is 19.6.